The summed E-state index contributed by atoms with van der Waals surface area (Å²) < 4.78 is 34.5. The maximum atomic E-state index is 13.0. The Kier molecular flexibility index (Phi) is 4.56. The molecule has 3 aromatic rings. The van der Waals surface area contributed by atoms with Gasteiger partial charge in [0.15, 0.2) is 0 Å². The van der Waals surface area contributed by atoms with Gasteiger partial charge in [0.2, 0.25) is 10.0 Å². The molecule has 0 saturated heterocycles. The third-order valence-electron chi connectivity index (χ3n) is 5.77. The first-order chi connectivity index (χ1) is 13.1. The average Bonchev–Trinajstić information content (AvgIpc) is 2.96. The maximum Gasteiger partial charge on any atom is 0.240 e. The van der Waals surface area contributed by atoms with Crippen LogP contribution in [0.15, 0.2) is 51.8 Å². The molecular weight excluding hydrogens is 374 g/mol. The van der Waals surface area contributed by atoms with E-state index in [1.165, 1.54) is 0 Å². The minimum atomic E-state index is -3.66. The standard InChI is InChI=1S/C22H27NO4S/c1-21(2)11-15(24)12-22(3,13-21)14-23-28(25,26)16-8-9-20-18(10-16)17-6-4-5-7-19(17)27-20/h4-10,15,23-24H,11-14H2,1-3H3/t15-,22-/m0/s1. The minimum Gasteiger partial charge on any atom is -0.456 e. The lowest BCUT2D eigenvalue weighted by Crippen LogP contribution is -2.45. The fourth-order valence-electron chi connectivity index (χ4n) is 4.94. The van der Waals surface area contributed by atoms with Crippen molar-refractivity contribution in [2.24, 2.45) is 10.8 Å². The van der Waals surface area contributed by atoms with Gasteiger partial charge in [0.1, 0.15) is 11.2 Å². The van der Waals surface area contributed by atoms with E-state index in [-0.39, 0.29) is 15.7 Å². The van der Waals surface area contributed by atoms with Gasteiger partial charge in [-0.1, -0.05) is 39.0 Å². The van der Waals surface area contributed by atoms with Gasteiger partial charge >= 0.3 is 0 Å². The normalized spacial score (nSPS) is 25.4. The van der Waals surface area contributed by atoms with Crippen LogP contribution in [0.2, 0.25) is 0 Å². The highest BCUT2D eigenvalue weighted by atomic mass is 32.2. The van der Waals surface area contributed by atoms with Gasteiger partial charge in [-0.3, -0.25) is 0 Å². The van der Waals surface area contributed by atoms with E-state index in [0.29, 0.717) is 18.5 Å². The Hall–Kier alpha value is -1.89. The number of sulfonamides is 1. The van der Waals surface area contributed by atoms with Crippen LogP contribution < -0.4 is 4.72 Å². The van der Waals surface area contributed by atoms with Crippen LogP contribution >= 0.6 is 0 Å². The van der Waals surface area contributed by atoms with Crippen molar-refractivity contribution in [3.63, 3.8) is 0 Å². The zero-order valence-corrected chi connectivity index (χ0v) is 17.3. The van der Waals surface area contributed by atoms with Crippen LogP contribution in [0.3, 0.4) is 0 Å². The molecule has 0 bridgehead atoms. The third-order valence-corrected chi connectivity index (χ3v) is 7.17. The van der Waals surface area contributed by atoms with Crippen molar-refractivity contribution in [2.45, 2.75) is 51.0 Å². The lowest BCUT2D eigenvalue weighted by Gasteiger charge is -2.45. The number of furan rings is 1. The number of hydrogen-bond donors (Lipinski definition) is 2. The highest BCUT2D eigenvalue weighted by Gasteiger charge is 2.41. The van der Waals surface area contributed by atoms with E-state index >= 15 is 0 Å². The fraction of sp³-hybridized carbons (Fsp3) is 0.455. The second-order valence-corrected chi connectivity index (χ2v) is 11.1. The molecule has 2 N–H and O–H groups in total. The van der Waals surface area contributed by atoms with Crippen LogP contribution in [0.5, 0.6) is 0 Å². The minimum absolute atomic E-state index is 0.00746. The molecule has 2 atom stereocenters. The summed E-state index contributed by atoms with van der Waals surface area (Å²) in [6, 6.07) is 12.6. The van der Waals surface area contributed by atoms with Gasteiger partial charge in [-0.2, -0.15) is 0 Å². The topological polar surface area (TPSA) is 79.5 Å². The lowest BCUT2D eigenvalue weighted by molar-refractivity contribution is -0.00657. The van der Waals surface area contributed by atoms with Crippen molar-refractivity contribution in [3.05, 3.63) is 42.5 Å². The molecule has 150 valence electrons. The molecule has 0 amide bonds. The van der Waals surface area contributed by atoms with Gasteiger partial charge in [0.05, 0.1) is 11.0 Å². The number of para-hydroxylation sites is 1. The lowest BCUT2D eigenvalue weighted by atomic mass is 9.63. The number of aliphatic hydroxyl groups is 1. The van der Waals surface area contributed by atoms with Crippen LogP contribution in [-0.4, -0.2) is 26.2 Å². The van der Waals surface area contributed by atoms with Gasteiger partial charge in [-0.05, 0) is 54.4 Å². The number of hydrogen-bond acceptors (Lipinski definition) is 4. The zero-order chi connectivity index (χ0) is 20.2. The van der Waals surface area contributed by atoms with E-state index in [2.05, 4.69) is 18.6 Å². The molecule has 1 aliphatic carbocycles. The molecule has 1 aromatic heterocycles. The Morgan fingerprint density at radius 2 is 1.79 bits per heavy atom. The highest BCUT2D eigenvalue weighted by Crippen LogP contribution is 2.45. The van der Waals surface area contributed by atoms with Crippen LogP contribution in [0, 0.1) is 10.8 Å². The van der Waals surface area contributed by atoms with Crippen LogP contribution in [0.25, 0.3) is 21.9 Å². The number of fused-ring (bicyclic) bond motifs is 3. The third kappa shape index (κ3) is 3.69. The molecule has 1 heterocycles. The first-order valence-corrected chi connectivity index (χ1v) is 11.1. The van der Waals surface area contributed by atoms with Gasteiger partial charge in [0, 0.05) is 17.3 Å². The molecule has 0 aliphatic heterocycles. The van der Waals surface area contributed by atoms with Crippen molar-refractivity contribution in [1.29, 1.82) is 0 Å². The van der Waals surface area contributed by atoms with E-state index in [9.17, 15) is 13.5 Å². The number of aliphatic hydroxyl groups excluding tert-OH is 1. The van der Waals surface area contributed by atoms with E-state index in [1.54, 1.807) is 18.2 Å². The average molecular weight is 402 g/mol. The van der Waals surface area contributed by atoms with Crippen LogP contribution in [0.4, 0.5) is 0 Å². The largest absolute Gasteiger partial charge is 0.456 e. The molecule has 6 heteroatoms. The summed E-state index contributed by atoms with van der Waals surface area (Å²) in [6.45, 7) is 6.60. The summed E-state index contributed by atoms with van der Waals surface area (Å²) >= 11 is 0. The molecule has 5 nitrogen and oxygen atoms in total. The Labute approximate surface area is 165 Å². The van der Waals surface area contributed by atoms with E-state index < -0.39 is 16.1 Å². The fourth-order valence-corrected chi connectivity index (χ4v) is 6.16. The van der Waals surface area contributed by atoms with Crippen molar-refractivity contribution >= 4 is 32.0 Å². The second kappa shape index (κ2) is 6.58. The highest BCUT2D eigenvalue weighted by molar-refractivity contribution is 7.89. The molecular formula is C22H27NO4S. The summed E-state index contributed by atoms with van der Waals surface area (Å²) in [5.41, 5.74) is 1.13. The van der Waals surface area contributed by atoms with Crippen LogP contribution in [0.1, 0.15) is 40.0 Å². The molecule has 1 aliphatic rings. The number of benzene rings is 2. The Balaban J connectivity index is 1.61. The predicted molar refractivity (Wildman–Crippen MR) is 111 cm³/mol. The monoisotopic (exact) mass is 401 g/mol. The van der Waals surface area contributed by atoms with Crippen molar-refractivity contribution in [3.8, 4) is 0 Å². The smallest absolute Gasteiger partial charge is 0.240 e. The van der Waals surface area contributed by atoms with Crippen molar-refractivity contribution in [2.75, 3.05) is 6.54 Å². The van der Waals surface area contributed by atoms with E-state index in [4.69, 9.17) is 4.42 Å². The first-order valence-electron chi connectivity index (χ1n) is 9.66. The SMILES string of the molecule is CC1(C)C[C@H](O)C[C@](C)(CNS(=O)(=O)c2ccc3oc4ccccc4c3c2)C1. The summed E-state index contributed by atoms with van der Waals surface area (Å²) in [5.74, 6) is 0. The van der Waals surface area contributed by atoms with Gasteiger partial charge in [-0.15, -0.1) is 0 Å². The zero-order valence-electron chi connectivity index (χ0n) is 16.5. The molecule has 0 radical (unpaired) electrons. The van der Waals surface area contributed by atoms with E-state index in [1.807, 2.05) is 31.2 Å². The summed E-state index contributed by atoms with van der Waals surface area (Å²) in [4.78, 5) is 0.228. The van der Waals surface area contributed by atoms with Crippen molar-refractivity contribution < 1.29 is 17.9 Å². The molecule has 0 spiro atoms. The van der Waals surface area contributed by atoms with Gasteiger partial charge in [-0.25, -0.2) is 13.1 Å². The van der Waals surface area contributed by atoms with Gasteiger partial charge in [0.25, 0.3) is 0 Å². The quantitative estimate of drug-likeness (QED) is 0.677. The maximum absolute atomic E-state index is 13.0. The van der Waals surface area contributed by atoms with Crippen molar-refractivity contribution in [1.82, 2.24) is 4.72 Å². The summed E-state index contributed by atoms with van der Waals surface area (Å²) in [5, 5.41) is 11.9. The molecule has 2 aromatic carbocycles. The second-order valence-electron chi connectivity index (χ2n) is 9.29. The Bertz CT molecular complexity index is 1130. The van der Waals surface area contributed by atoms with Crippen LogP contribution in [-0.2, 0) is 10.0 Å². The summed E-state index contributed by atoms with van der Waals surface area (Å²) in [6.07, 6.45) is 1.82. The molecule has 4 rings (SSSR count). The Morgan fingerprint density at radius 3 is 2.54 bits per heavy atom. The number of rotatable bonds is 4. The van der Waals surface area contributed by atoms with E-state index in [0.717, 1.165) is 29.2 Å². The molecule has 1 fully saturated rings. The first kappa shape index (κ1) is 19.4. The predicted octanol–water partition coefficient (Wildman–Crippen LogP) is 4.44. The summed E-state index contributed by atoms with van der Waals surface area (Å²) in [7, 11) is -3.66. The molecule has 28 heavy (non-hydrogen) atoms. The molecule has 1 saturated carbocycles. The molecule has 0 unspecified atom stereocenters. The number of nitrogens with one attached hydrogen (secondary N) is 1. The van der Waals surface area contributed by atoms with Gasteiger partial charge < -0.3 is 9.52 Å². The Morgan fingerprint density at radius 1 is 1.07 bits per heavy atom.